The van der Waals surface area contributed by atoms with Gasteiger partial charge in [-0.1, -0.05) is 18.2 Å². The molecule has 0 saturated carbocycles. The summed E-state index contributed by atoms with van der Waals surface area (Å²) in [6.45, 7) is -1.37. The van der Waals surface area contributed by atoms with Crippen molar-refractivity contribution in [3.8, 4) is 0 Å². The number of carbonyl (C=O) groups excluding carboxylic acids is 1. The molecule has 0 radical (unpaired) electrons. The monoisotopic (exact) mass is 256 g/mol. The van der Waals surface area contributed by atoms with Gasteiger partial charge >= 0.3 is 0 Å². The molecule has 0 spiro atoms. The van der Waals surface area contributed by atoms with E-state index in [0.717, 1.165) is 0 Å². The maximum absolute atomic E-state index is 12.1. The van der Waals surface area contributed by atoms with Crippen LogP contribution in [0.4, 0.5) is 0 Å². The van der Waals surface area contributed by atoms with Crippen LogP contribution >= 0.6 is 0 Å². The summed E-state index contributed by atoms with van der Waals surface area (Å²) in [4.78, 5) is 12.1. The number of hydrogen-bond acceptors (Lipinski definition) is 5. The highest BCUT2D eigenvalue weighted by molar-refractivity contribution is 7.91. The van der Waals surface area contributed by atoms with E-state index in [4.69, 9.17) is 0 Å². The van der Waals surface area contributed by atoms with Gasteiger partial charge in [-0.05, 0) is 6.07 Å². The fourth-order valence-electron chi connectivity index (χ4n) is 2.00. The van der Waals surface area contributed by atoms with Gasteiger partial charge in [-0.2, -0.15) is 0 Å². The van der Waals surface area contributed by atoms with Gasteiger partial charge in [0.1, 0.15) is 0 Å². The molecule has 0 bridgehead atoms. The van der Waals surface area contributed by atoms with Crippen LogP contribution in [0, 0.1) is 5.41 Å². The summed E-state index contributed by atoms with van der Waals surface area (Å²) in [6.07, 6.45) is 0. The van der Waals surface area contributed by atoms with Crippen LogP contribution in [-0.4, -0.2) is 43.4 Å². The average molecular weight is 256 g/mol. The third-order valence-electron chi connectivity index (χ3n) is 3.02. The van der Waals surface area contributed by atoms with E-state index in [9.17, 15) is 23.4 Å². The molecule has 92 valence electrons. The summed E-state index contributed by atoms with van der Waals surface area (Å²) in [5.74, 6) is -1.07. The zero-order valence-electron chi connectivity index (χ0n) is 8.96. The fourth-order valence-corrected chi connectivity index (χ4v) is 3.98. The van der Waals surface area contributed by atoms with Crippen LogP contribution in [0.25, 0.3) is 0 Å². The Bertz CT molecular complexity index is 557. The molecule has 0 amide bonds. The Labute approximate surface area is 98.6 Å². The number of rotatable bonds is 2. The Morgan fingerprint density at radius 2 is 1.76 bits per heavy atom. The maximum atomic E-state index is 12.1. The number of ketones is 1. The zero-order valence-corrected chi connectivity index (χ0v) is 9.77. The van der Waals surface area contributed by atoms with Gasteiger partial charge in [0, 0.05) is 5.56 Å². The topological polar surface area (TPSA) is 91.7 Å². The van der Waals surface area contributed by atoms with Gasteiger partial charge in [-0.25, -0.2) is 8.42 Å². The van der Waals surface area contributed by atoms with E-state index >= 15 is 0 Å². The van der Waals surface area contributed by atoms with E-state index in [-0.39, 0.29) is 10.5 Å². The highest BCUT2D eigenvalue weighted by Gasteiger charge is 2.48. The summed E-state index contributed by atoms with van der Waals surface area (Å²) in [6, 6.07) is 5.85. The molecule has 5 nitrogen and oxygen atoms in total. The van der Waals surface area contributed by atoms with Crippen molar-refractivity contribution in [1.29, 1.82) is 0 Å². The summed E-state index contributed by atoms with van der Waals surface area (Å²) in [7, 11) is -3.65. The normalized spacial score (nSPS) is 20.9. The molecule has 0 fully saturated rings. The SMILES string of the molecule is O=C1c2ccccc2S(=O)(=O)CC1(CO)CO. The predicted molar refractivity (Wildman–Crippen MR) is 59.4 cm³/mol. The quantitative estimate of drug-likeness (QED) is 0.753. The van der Waals surface area contributed by atoms with Crippen molar-refractivity contribution in [1.82, 2.24) is 0 Å². The van der Waals surface area contributed by atoms with Crippen LogP contribution < -0.4 is 0 Å². The second kappa shape index (κ2) is 3.90. The first-order chi connectivity index (χ1) is 7.97. The van der Waals surface area contributed by atoms with Gasteiger partial charge in [0.15, 0.2) is 15.6 Å². The number of aliphatic hydroxyl groups excluding tert-OH is 2. The molecule has 2 N–H and O–H groups in total. The van der Waals surface area contributed by atoms with Crippen molar-refractivity contribution in [2.24, 2.45) is 5.41 Å². The van der Waals surface area contributed by atoms with Gasteiger partial charge in [0.2, 0.25) is 0 Å². The third-order valence-corrected chi connectivity index (χ3v) is 4.98. The molecule has 1 aliphatic heterocycles. The second-order valence-electron chi connectivity index (χ2n) is 4.18. The molecule has 0 atom stereocenters. The standard InChI is InChI=1S/C11H12O5S/c12-5-11(6-13)7-17(15,16)9-4-2-1-3-8(9)10(11)14/h1-4,12-13H,5-7H2. The molecule has 0 saturated heterocycles. The summed E-state index contributed by atoms with van der Waals surface area (Å²) in [5.41, 5.74) is -1.57. The Balaban J connectivity index is 2.71. The summed E-state index contributed by atoms with van der Waals surface area (Å²) < 4.78 is 24.0. The molecule has 1 heterocycles. The van der Waals surface area contributed by atoms with Crippen molar-refractivity contribution >= 4 is 15.6 Å². The van der Waals surface area contributed by atoms with E-state index in [2.05, 4.69) is 0 Å². The predicted octanol–water partition coefficient (Wildman–Crippen LogP) is -0.372. The molecule has 2 rings (SSSR count). The van der Waals surface area contributed by atoms with Crippen molar-refractivity contribution < 1.29 is 23.4 Å². The minimum atomic E-state index is -3.65. The number of aliphatic hydroxyl groups is 2. The molecule has 6 heteroatoms. The highest BCUT2D eigenvalue weighted by Crippen LogP contribution is 2.35. The van der Waals surface area contributed by atoms with Crippen molar-refractivity contribution in [2.75, 3.05) is 19.0 Å². The molecule has 1 aromatic rings. The number of benzene rings is 1. The van der Waals surface area contributed by atoms with Crippen LogP contribution in [0.2, 0.25) is 0 Å². The highest BCUT2D eigenvalue weighted by atomic mass is 32.2. The lowest BCUT2D eigenvalue weighted by Crippen LogP contribution is -2.48. The molecule has 1 aliphatic rings. The summed E-state index contributed by atoms with van der Waals surface area (Å²) in [5, 5.41) is 18.4. The lowest BCUT2D eigenvalue weighted by Gasteiger charge is -2.32. The first kappa shape index (κ1) is 12.2. The number of sulfone groups is 1. The lowest BCUT2D eigenvalue weighted by atomic mass is 9.83. The van der Waals surface area contributed by atoms with Crippen LogP contribution in [0.15, 0.2) is 29.2 Å². The molecule has 17 heavy (non-hydrogen) atoms. The van der Waals surface area contributed by atoms with Gasteiger partial charge in [0.05, 0.1) is 29.3 Å². The van der Waals surface area contributed by atoms with Gasteiger partial charge in [-0.15, -0.1) is 0 Å². The van der Waals surface area contributed by atoms with E-state index in [1.807, 2.05) is 0 Å². The average Bonchev–Trinajstić information content (AvgIpc) is 2.34. The van der Waals surface area contributed by atoms with Crippen LogP contribution in [0.5, 0.6) is 0 Å². The fraction of sp³-hybridized carbons (Fsp3) is 0.364. The molecular weight excluding hydrogens is 244 g/mol. The van der Waals surface area contributed by atoms with Crippen molar-refractivity contribution in [3.05, 3.63) is 29.8 Å². The Morgan fingerprint density at radius 1 is 1.18 bits per heavy atom. The second-order valence-corrected chi connectivity index (χ2v) is 6.14. The van der Waals surface area contributed by atoms with E-state index in [1.165, 1.54) is 18.2 Å². The molecule has 0 aliphatic carbocycles. The van der Waals surface area contributed by atoms with Gasteiger partial charge in [-0.3, -0.25) is 4.79 Å². The molecule has 0 unspecified atom stereocenters. The van der Waals surface area contributed by atoms with Gasteiger partial charge < -0.3 is 10.2 Å². The Morgan fingerprint density at radius 3 is 2.35 bits per heavy atom. The largest absolute Gasteiger partial charge is 0.395 e. The molecular formula is C11H12O5S. The minimum absolute atomic E-state index is 0.0254. The van der Waals surface area contributed by atoms with Crippen molar-refractivity contribution in [2.45, 2.75) is 4.90 Å². The Hall–Kier alpha value is -1.24. The number of hydrogen-bond donors (Lipinski definition) is 2. The van der Waals surface area contributed by atoms with Gasteiger partial charge in [0.25, 0.3) is 0 Å². The number of Topliss-reactive ketones (excluding diaryl/α,β-unsaturated/α-hetero) is 1. The van der Waals surface area contributed by atoms with E-state index in [1.54, 1.807) is 6.07 Å². The zero-order chi connectivity index (χ0) is 12.7. The van der Waals surface area contributed by atoms with Crippen molar-refractivity contribution in [3.63, 3.8) is 0 Å². The summed E-state index contributed by atoms with van der Waals surface area (Å²) >= 11 is 0. The van der Waals surface area contributed by atoms with Crippen LogP contribution in [0.3, 0.4) is 0 Å². The van der Waals surface area contributed by atoms with Crippen LogP contribution in [0.1, 0.15) is 10.4 Å². The third kappa shape index (κ3) is 1.69. The number of carbonyl (C=O) groups is 1. The Kier molecular flexibility index (Phi) is 2.81. The first-order valence-electron chi connectivity index (χ1n) is 5.05. The first-order valence-corrected chi connectivity index (χ1v) is 6.70. The smallest absolute Gasteiger partial charge is 0.180 e. The van der Waals surface area contributed by atoms with E-state index < -0.39 is 40.0 Å². The maximum Gasteiger partial charge on any atom is 0.180 e. The lowest BCUT2D eigenvalue weighted by molar-refractivity contribution is 0.0479. The van der Waals surface area contributed by atoms with E-state index in [0.29, 0.717) is 0 Å². The minimum Gasteiger partial charge on any atom is -0.395 e. The number of fused-ring (bicyclic) bond motifs is 1. The molecule has 1 aromatic carbocycles. The molecule has 0 aromatic heterocycles. The van der Waals surface area contributed by atoms with Crippen LogP contribution in [-0.2, 0) is 9.84 Å².